The Kier molecular flexibility index (Phi) is 4.43. The lowest BCUT2D eigenvalue weighted by Crippen LogP contribution is -2.15. The molecule has 0 saturated heterocycles. The summed E-state index contributed by atoms with van der Waals surface area (Å²) < 4.78 is 10.5. The molecule has 1 amide bonds. The van der Waals surface area contributed by atoms with Crippen LogP contribution in [-0.2, 0) is 11.2 Å². The second kappa shape index (κ2) is 6.66. The van der Waals surface area contributed by atoms with Gasteiger partial charge in [-0.3, -0.25) is 4.79 Å². The van der Waals surface area contributed by atoms with E-state index in [0.29, 0.717) is 22.9 Å². The van der Waals surface area contributed by atoms with Gasteiger partial charge in [0.2, 0.25) is 5.91 Å². The Labute approximate surface area is 137 Å². The molecule has 0 bridgehead atoms. The number of benzene rings is 1. The molecule has 23 heavy (non-hydrogen) atoms. The molecule has 3 aromatic rings. The molecule has 6 heteroatoms. The summed E-state index contributed by atoms with van der Waals surface area (Å²) in [6.45, 7) is 1.96. The van der Waals surface area contributed by atoms with E-state index < -0.39 is 0 Å². The van der Waals surface area contributed by atoms with E-state index in [1.165, 1.54) is 0 Å². The van der Waals surface area contributed by atoms with Gasteiger partial charge in [0.25, 0.3) is 0 Å². The van der Waals surface area contributed by atoms with Gasteiger partial charge in [-0.05, 0) is 36.1 Å². The molecule has 1 aromatic carbocycles. The molecule has 0 aliphatic rings. The first-order chi connectivity index (χ1) is 11.2. The molecule has 2 heterocycles. The number of amides is 1. The quantitative estimate of drug-likeness (QED) is 0.771. The highest BCUT2D eigenvalue weighted by Crippen LogP contribution is 2.27. The normalized spacial score (nSPS) is 10.5. The summed E-state index contributed by atoms with van der Waals surface area (Å²) in [4.78, 5) is 13.2. The zero-order valence-corrected chi connectivity index (χ0v) is 13.6. The molecule has 1 N–H and O–H groups in total. The predicted octanol–water partition coefficient (Wildman–Crippen LogP) is 3.90. The molecule has 3 rings (SSSR count). The van der Waals surface area contributed by atoms with E-state index in [4.69, 9.17) is 9.26 Å². The predicted molar refractivity (Wildman–Crippen MR) is 89.9 cm³/mol. The van der Waals surface area contributed by atoms with E-state index >= 15 is 0 Å². The molecule has 0 atom stereocenters. The van der Waals surface area contributed by atoms with Crippen molar-refractivity contribution in [3.63, 3.8) is 0 Å². The number of nitrogens with zero attached hydrogens (tertiary/aromatic N) is 1. The molecule has 0 fully saturated rings. The smallest absolute Gasteiger partial charge is 0.230 e. The number of methoxy groups -OCH3 is 1. The van der Waals surface area contributed by atoms with Gasteiger partial charge in [-0.2, -0.15) is 0 Å². The lowest BCUT2D eigenvalue weighted by Gasteiger charge is -2.10. The summed E-state index contributed by atoms with van der Waals surface area (Å²) in [5, 5.41) is 8.77. The van der Waals surface area contributed by atoms with E-state index in [2.05, 4.69) is 10.5 Å². The number of anilines is 1. The van der Waals surface area contributed by atoms with E-state index in [1.807, 2.05) is 42.6 Å². The van der Waals surface area contributed by atoms with Crippen molar-refractivity contribution in [2.24, 2.45) is 0 Å². The number of hydrogen-bond acceptors (Lipinski definition) is 5. The average Bonchev–Trinajstić information content (AvgIpc) is 3.18. The van der Waals surface area contributed by atoms with Crippen LogP contribution in [0.3, 0.4) is 0 Å². The maximum Gasteiger partial charge on any atom is 0.230 e. The van der Waals surface area contributed by atoms with Crippen LogP contribution in [-0.4, -0.2) is 18.2 Å². The van der Waals surface area contributed by atoms with Crippen LogP contribution >= 0.6 is 11.3 Å². The fourth-order valence-electron chi connectivity index (χ4n) is 2.21. The van der Waals surface area contributed by atoms with E-state index in [1.54, 1.807) is 24.5 Å². The minimum atomic E-state index is -0.167. The van der Waals surface area contributed by atoms with Crippen molar-refractivity contribution in [2.75, 3.05) is 12.4 Å². The summed E-state index contributed by atoms with van der Waals surface area (Å²) in [6.07, 6.45) is 0.145. The van der Waals surface area contributed by atoms with E-state index in [9.17, 15) is 4.79 Å². The van der Waals surface area contributed by atoms with Crippen molar-refractivity contribution < 1.29 is 14.1 Å². The SMILES string of the molecule is COc1ccc(C)cc1NC(=O)Cc1cc(-c2cccs2)on1. The summed E-state index contributed by atoms with van der Waals surface area (Å²) in [7, 11) is 1.57. The lowest BCUT2D eigenvalue weighted by atomic mass is 10.2. The van der Waals surface area contributed by atoms with Crippen molar-refractivity contribution in [3.8, 4) is 16.4 Å². The second-order valence-corrected chi connectivity index (χ2v) is 6.04. The number of ether oxygens (including phenoxy) is 1. The van der Waals surface area contributed by atoms with Gasteiger partial charge in [-0.25, -0.2) is 0 Å². The molecule has 0 unspecified atom stereocenters. The molecule has 5 nitrogen and oxygen atoms in total. The van der Waals surface area contributed by atoms with Crippen LogP contribution in [0.1, 0.15) is 11.3 Å². The Bertz CT molecular complexity index is 809. The van der Waals surface area contributed by atoms with Crippen molar-refractivity contribution in [3.05, 3.63) is 53.0 Å². The van der Waals surface area contributed by atoms with Crippen LogP contribution in [0.5, 0.6) is 5.75 Å². The summed E-state index contributed by atoms with van der Waals surface area (Å²) in [5.41, 5.74) is 2.29. The molecule has 0 aliphatic heterocycles. The van der Waals surface area contributed by atoms with Crippen molar-refractivity contribution in [1.29, 1.82) is 0 Å². The van der Waals surface area contributed by atoms with Crippen LogP contribution < -0.4 is 10.1 Å². The molecule has 2 aromatic heterocycles. The number of aromatic nitrogens is 1. The highest BCUT2D eigenvalue weighted by molar-refractivity contribution is 7.13. The molecule has 0 spiro atoms. The number of aryl methyl sites for hydroxylation is 1. The molecule has 118 valence electrons. The molecule has 0 saturated carbocycles. The molecule has 0 aliphatic carbocycles. The number of carbonyl (C=O) groups is 1. The van der Waals surface area contributed by atoms with Crippen LogP contribution in [0.15, 0.2) is 46.3 Å². The van der Waals surface area contributed by atoms with Crippen LogP contribution in [0.25, 0.3) is 10.6 Å². The van der Waals surface area contributed by atoms with Crippen molar-refractivity contribution in [2.45, 2.75) is 13.3 Å². The third-order valence-electron chi connectivity index (χ3n) is 3.29. The standard InChI is InChI=1S/C17H16N2O3S/c1-11-5-6-14(21-2)13(8-11)18-17(20)10-12-9-15(22-19-12)16-4-3-7-23-16/h3-9H,10H2,1-2H3,(H,18,20). The maximum absolute atomic E-state index is 12.2. The Hall–Kier alpha value is -2.60. The topological polar surface area (TPSA) is 64.4 Å². The third kappa shape index (κ3) is 3.60. The minimum Gasteiger partial charge on any atom is -0.495 e. The molecular weight excluding hydrogens is 312 g/mol. The van der Waals surface area contributed by atoms with Gasteiger partial charge in [0.05, 0.1) is 29.8 Å². The fourth-order valence-corrected chi connectivity index (χ4v) is 2.88. The Morgan fingerprint density at radius 1 is 1.35 bits per heavy atom. The van der Waals surface area contributed by atoms with Crippen molar-refractivity contribution >= 4 is 22.9 Å². The van der Waals surface area contributed by atoms with Gasteiger partial charge < -0.3 is 14.6 Å². The average molecular weight is 328 g/mol. The zero-order chi connectivity index (χ0) is 16.2. The summed E-state index contributed by atoms with van der Waals surface area (Å²) in [6, 6.07) is 11.3. The number of carbonyl (C=O) groups excluding carboxylic acids is 1. The monoisotopic (exact) mass is 328 g/mol. The third-order valence-corrected chi connectivity index (χ3v) is 4.18. The number of nitrogens with one attached hydrogen (secondary N) is 1. The van der Waals surface area contributed by atoms with Crippen LogP contribution in [0.4, 0.5) is 5.69 Å². The van der Waals surface area contributed by atoms with Gasteiger partial charge in [-0.15, -0.1) is 11.3 Å². The zero-order valence-electron chi connectivity index (χ0n) is 12.8. The summed E-state index contributed by atoms with van der Waals surface area (Å²) >= 11 is 1.57. The summed E-state index contributed by atoms with van der Waals surface area (Å²) in [5.74, 6) is 1.14. The van der Waals surface area contributed by atoms with Gasteiger partial charge >= 0.3 is 0 Å². The van der Waals surface area contributed by atoms with Crippen LogP contribution in [0.2, 0.25) is 0 Å². The fraction of sp³-hybridized carbons (Fsp3) is 0.176. The van der Waals surface area contributed by atoms with Crippen molar-refractivity contribution in [1.82, 2.24) is 5.16 Å². The number of thiophene rings is 1. The number of hydrogen-bond donors (Lipinski definition) is 1. The van der Waals surface area contributed by atoms with E-state index in [0.717, 1.165) is 10.4 Å². The molecule has 0 radical (unpaired) electrons. The molecular formula is C17H16N2O3S. The van der Waals surface area contributed by atoms with Gasteiger partial charge in [-0.1, -0.05) is 17.3 Å². The lowest BCUT2D eigenvalue weighted by molar-refractivity contribution is -0.115. The van der Waals surface area contributed by atoms with Crippen LogP contribution in [0, 0.1) is 6.92 Å². The Balaban J connectivity index is 1.69. The van der Waals surface area contributed by atoms with Gasteiger partial charge in [0, 0.05) is 6.07 Å². The maximum atomic E-state index is 12.2. The highest BCUT2D eigenvalue weighted by atomic mass is 32.1. The van der Waals surface area contributed by atoms with Gasteiger partial charge in [0.15, 0.2) is 5.76 Å². The first kappa shape index (κ1) is 15.3. The Morgan fingerprint density at radius 3 is 2.96 bits per heavy atom. The first-order valence-electron chi connectivity index (χ1n) is 7.09. The van der Waals surface area contributed by atoms with E-state index in [-0.39, 0.29) is 12.3 Å². The Morgan fingerprint density at radius 2 is 2.22 bits per heavy atom. The second-order valence-electron chi connectivity index (χ2n) is 5.09. The van der Waals surface area contributed by atoms with Gasteiger partial charge in [0.1, 0.15) is 5.75 Å². The first-order valence-corrected chi connectivity index (χ1v) is 7.97. The minimum absolute atomic E-state index is 0.145. The number of rotatable bonds is 5. The largest absolute Gasteiger partial charge is 0.495 e. The highest BCUT2D eigenvalue weighted by Gasteiger charge is 2.13.